The summed E-state index contributed by atoms with van der Waals surface area (Å²) in [5.74, 6) is 0. The van der Waals surface area contributed by atoms with Crippen molar-refractivity contribution in [1.29, 1.82) is 0 Å². The number of aromatic nitrogens is 2. The van der Waals surface area contributed by atoms with Crippen molar-refractivity contribution in [1.82, 2.24) is 10.3 Å². The molecule has 0 bridgehead atoms. The molecule has 1 heterocycles. The van der Waals surface area contributed by atoms with Crippen molar-refractivity contribution in [3.8, 4) is 22.3 Å². The average molecular weight is 385 g/mol. The zero-order chi connectivity index (χ0) is 20.8. The first kappa shape index (κ1) is 19.4. The van der Waals surface area contributed by atoms with E-state index in [4.69, 9.17) is 4.63 Å². The molecular formula is C26H28N2O. The van der Waals surface area contributed by atoms with Gasteiger partial charge in [0.1, 0.15) is 11.0 Å². The average Bonchev–Trinajstić information content (AvgIpc) is 3.15. The van der Waals surface area contributed by atoms with Gasteiger partial charge in [-0.1, -0.05) is 90.1 Å². The van der Waals surface area contributed by atoms with Gasteiger partial charge in [0, 0.05) is 5.56 Å². The van der Waals surface area contributed by atoms with Crippen molar-refractivity contribution < 1.29 is 4.63 Å². The summed E-state index contributed by atoms with van der Waals surface area (Å²) in [6, 6.07) is 21.7. The van der Waals surface area contributed by atoms with Crippen LogP contribution in [0.3, 0.4) is 0 Å². The molecule has 0 fully saturated rings. The molecule has 4 rings (SSSR count). The van der Waals surface area contributed by atoms with E-state index in [0.717, 1.165) is 33.3 Å². The van der Waals surface area contributed by atoms with Gasteiger partial charge in [0.15, 0.2) is 0 Å². The molecule has 0 N–H and O–H groups in total. The van der Waals surface area contributed by atoms with Crippen molar-refractivity contribution in [2.45, 2.75) is 52.4 Å². The lowest BCUT2D eigenvalue weighted by Crippen LogP contribution is -2.10. The first-order valence-corrected chi connectivity index (χ1v) is 10.1. The van der Waals surface area contributed by atoms with Crippen molar-refractivity contribution in [2.75, 3.05) is 0 Å². The highest BCUT2D eigenvalue weighted by Crippen LogP contribution is 2.34. The van der Waals surface area contributed by atoms with E-state index in [-0.39, 0.29) is 10.8 Å². The normalized spacial score (nSPS) is 12.5. The van der Waals surface area contributed by atoms with Crippen LogP contribution in [0, 0.1) is 0 Å². The van der Waals surface area contributed by atoms with Crippen LogP contribution in [-0.4, -0.2) is 10.3 Å². The minimum Gasteiger partial charge on any atom is -0.243 e. The fourth-order valence-corrected chi connectivity index (χ4v) is 3.59. The highest BCUT2D eigenvalue weighted by Gasteiger charge is 2.17. The summed E-state index contributed by atoms with van der Waals surface area (Å²) in [4.78, 5) is 0. The second-order valence-electron chi connectivity index (χ2n) is 9.81. The minimum absolute atomic E-state index is 0.125. The SMILES string of the molecule is CC(C)(C)c1ccc(-c2cc(-c3ccc(C(C)(C)C)cc3)c3nonc3c2)cc1. The highest BCUT2D eigenvalue weighted by molar-refractivity contribution is 5.95. The predicted octanol–water partition coefficient (Wildman–Crippen LogP) is 7.15. The quantitative estimate of drug-likeness (QED) is 0.368. The molecule has 0 atom stereocenters. The zero-order valence-electron chi connectivity index (χ0n) is 18.1. The van der Waals surface area contributed by atoms with Gasteiger partial charge in [-0.25, -0.2) is 4.63 Å². The van der Waals surface area contributed by atoms with Gasteiger partial charge in [0.2, 0.25) is 0 Å². The van der Waals surface area contributed by atoms with Gasteiger partial charge in [-0.2, -0.15) is 0 Å². The molecule has 0 saturated heterocycles. The number of nitrogens with zero attached hydrogens (tertiary/aromatic N) is 2. The molecule has 0 aliphatic rings. The molecule has 3 nitrogen and oxygen atoms in total. The maximum atomic E-state index is 5.06. The maximum absolute atomic E-state index is 5.06. The van der Waals surface area contributed by atoms with E-state index in [0.29, 0.717) is 0 Å². The lowest BCUT2D eigenvalue weighted by atomic mass is 9.85. The summed E-state index contributed by atoms with van der Waals surface area (Å²) in [5.41, 5.74) is 8.90. The molecule has 0 aliphatic heterocycles. The monoisotopic (exact) mass is 384 g/mol. The molecule has 0 aliphatic carbocycles. The maximum Gasteiger partial charge on any atom is 0.143 e. The van der Waals surface area contributed by atoms with E-state index < -0.39 is 0 Å². The van der Waals surface area contributed by atoms with E-state index >= 15 is 0 Å². The van der Waals surface area contributed by atoms with Crippen LogP contribution in [0.4, 0.5) is 0 Å². The van der Waals surface area contributed by atoms with Crippen molar-refractivity contribution in [3.63, 3.8) is 0 Å². The Morgan fingerprint density at radius 1 is 0.586 bits per heavy atom. The Kier molecular flexibility index (Phi) is 4.57. The van der Waals surface area contributed by atoms with Crippen LogP contribution in [0.5, 0.6) is 0 Å². The lowest BCUT2D eigenvalue weighted by molar-refractivity contribution is 0.315. The van der Waals surface area contributed by atoms with Crippen LogP contribution in [0.2, 0.25) is 0 Å². The molecule has 4 aromatic rings. The number of hydrogen-bond acceptors (Lipinski definition) is 3. The van der Waals surface area contributed by atoms with Gasteiger partial charge in [-0.05, 0) is 61.1 Å². The van der Waals surface area contributed by atoms with Gasteiger partial charge in [-0.3, -0.25) is 0 Å². The highest BCUT2D eigenvalue weighted by atomic mass is 16.6. The van der Waals surface area contributed by atoms with E-state index in [1.807, 2.05) is 6.07 Å². The second-order valence-corrected chi connectivity index (χ2v) is 9.81. The molecule has 3 aromatic carbocycles. The molecule has 3 heteroatoms. The largest absolute Gasteiger partial charge is 0.243 e. The minimum atomic E-state index is 0.125. The Morgan fingerprint density at radius 2 is 1.10 bits per heavy atom. The number of hydrogen-bond donors (Lipinski definition) is 0. The summed E-state index contributed by atoms with van der Waals surface area (Å²) < 4.78 is 5.06. The smallest absolute Gasteiger partial charge is 0.143 e. The number of rotatable bonds is 2. The molecule has 0 unspecified atom stereocenters. The zero-order valence-corrected chi connectivity index (χ0v) is 18.1. The van der Waals surface area contributed by atoms with Gasteiger partial charge >= 0.3 is 0 Å². The molecule has 0 amide bonds. The van der Waals surface area contributed by atoms with E-state index in [1.165, 1.54) is 11.1 Å². The van der Waals surface area contributed by atoms with Gasteiger partial charge in [-0.15, -0.1) is 0 Å². The fraction of sp³-hybridized carbons (Fsp3) is 0.308. The van der Waals surface area contributed by atoms with Crippen LogP contribution in [0.25, 0.3) is 33.3 Å². The molecule has 148 valence electrons. The Hall–Kier alpha value is -2.94. The molecular weight excluding hydrogens is 356 g/mol. The third-order valence-electron chi connectivity index (χ3n) is 5.51. The van der Waals surface area contributed by atoms with E-state index in [2.05, 4.69) is 106 Å². The van der Waals surface area contributed by atoms with E-state index in [9.17, 15) is 0 Å². The van der Waals surface area contributed by atoms with E-state index in [1.54, 1.807) is 0 Å². The summed E-state index contributed by atoms with van der Waals surface area (Å²) in [5, 5.41) is 8.28. The third kappa shape index (κ3) is 3.82. The molecule has 0 radical (unpaired) electrons. The van der Waals surface area contributed by atoms with Gasteiger partial charge in [0.05, 0.1) is 0 Å². The van der Waals surface area contributed by atoms with Gasteiger partial charge < -0.3 is 0 Å². The first-order valence-electron chi connectivity index (χ1n) is 10.1. The standard InChI is InChI=1S/C26H28N2O/c1-25(2,3)20-11-7-17(8-12-20)19-15-22(24-23(16-19)27-29-28-24)18-9-13-21(14-10-18)26(4,5)6/h7-16H,1-6H3. The Bertz CT molecular complexity index is 1140. The second kappa shape index (κ2) is 6.84. The van der Waals surface area contributed by atoms with Crippen LogP contribution < -0.4 is 0 Å². The van der Waals surface area contributed by atoms with Crippen molar-refractivity contribution in [2.24, 2.45) is 0 Å². The predicted molar refractivity (Wildman–Crippen MR) is 120 cm³/mol. The number of benzene rings is 3. The molecule has 0 saturated carbocycles. The fourth-order valence-electron chi connectivity index (χ4n) is 3.59. The summed E-state index contributed by atoms with van der Waals surface area (Å²) >= 11 is 0. The third-order valence-corrected chi connectivity index (χ3v) is 5.51. The van der Waals surface area contributed by atoms with Crippen molar-refractivity contribution in [3.05, 3.63) is 71.8 Å². The molecule has 1 aromatic heterocycles. The van der Waals surface area contributed by atoms with Crippen molar-refractivity contribution >= 4 is 11.0 Å². The van der Waals surface area contributed by atoms with Crippen LogP contribution in [0.1, 0.15) is 52.7 Å². The summed E-state index contributed by atoms with van der Waals surface area (Å²) in [6.07, 6.45) is 0. The first-order chi connectivity index (χ1) is 13.6. The molecule has 0 spiro atoms. The number of fused-ring (bicyclic) bond motifs is 1. The summed E-state index contributed by atoms with van der Waals surface area (Å²) in [6.45, 7) is 13.4. The Balaban J connectivity index is 1.81. The Labute approximate surface area is 172 Å². The summed E-state index contributed by atoms with van der Waals surface area (Å²) in [7, 11) is 0. The van der Waals surface area contributed by atoms with Gasteiger partial charge in [0.25, 0.3) is 0 Å². The molecule has 29 heavy (non-hydrogen) atoms. The topological polar surface area (TPSA) is 38.9 Å². The van der Waals surface area contributed by atoms with Crippen LogP contribution >= 0.6 is 0 Å². The van der Waals surface area contributed by atoms with Crippen LogP contribution in [-0.2, 0) is 10.8 Å². The lowest BCUT2D eigenvalue weighted by Gasteiger charge is -2.19. The van der Waals surface area contributed by atoms with Crippen LogP contribution in [0.15, 0.2) is 65.3 Å². The Morgan fingerprint density at radius 3 is 1.62 bits per heavy atom.